The smallest absolute Gasteiger partial charge is 0.230 e. The van der Waals surface area contributed by atoms with Crippen molar-refractivity contribution in [1.29, 1.82) is 0 Å². The average Bonchev–Trinajstić information content (AvgIpc) is 3.46. The van der Waals surface area contributed by atoms with E-state index in [-0.39, 0.29) is 17.5 Å². The number of rotatable bonds is 7. The minimum absolute atomic E-state index is 0.127. The lowest BCUT2D eigenvalue weighted by atomic mass is 10.2. The van der Waals surface area contributed by atoms with Crippen molar-refractivity contribution in [2.75, 3.05) is 5.75 Å². The number of carbonyl (C=O) groups excluding carboxylic acids is 1. The summed E-state index contributed by atoms with van der Waals surface area (Å²) in [7, 11) is 0. The minimum Gasteiger partial charge on any atom is -0.459 e. The molecule has 33 heavy (non-hydrogen) atoms. The summed E-state index contributed by atoms with van der Waals surface area (Å²) in [6.07, 6.45) is 0. The van der Waals surface area contributed by atoms with Crippen LogP contribution in [0, 0.1) is 5.82 Å². The number of thioether (sulfide) groups is 1. The summed E-state index contributed by atoms with van der Waals surface area (Å²) in [6.45, 7) is 0.292. The zero-order valence-corrected chi connectivity index (χ0v) is 18.3. The number of benzene rings is 3. The number of carbonyl (C=O) groups is 1. The monoisotopic (exact) mass is 458 g/mol. The van der Waals surface area contributed by atoms with Crippen LogP contribution >= 0.6 is 11.8 Å². The fourth-order valence-corrected chi connectivity index (χ4v) is 4.26. The summed E-state index contributed by atoms with van der Waals surface area (Å²) in [5.41, 5.74) is 1.91. The van der Waals surface area contributed by atoms with Crippen molar-refractivity contribution < 1.29 is 13.6 Å². The highest BCUT2D eigenvalue weighted by Gasteiger charge is 2.19. The van der Waals surface area contributed by atoms with E-state index in [4.69, 9.17) is 4.42 Å². The first-order chi connectivity index (χ1) is 16.2. The van der Waals surface area contributed by atoms with Gasteiger partial charge in [-0.1, -0.05) is 60.3 Å². The van der Waals surface area contributed by atoms with Gasteiger partial charge in [-0.3, -0.25) is 9.36 Å². The van der Waals surface area contributed by atoms with Crippen LogP contribution in [0.1, 0.15) is 5.76 Å². The van der Waals surface area contributed by atoms with Gasteiger partial charge >= 0.3 is 0 Å². The third-order valence-electron chi connectivity index (χ3n) is 5.03. The number of nitrogens with one attached hydrogen (secondary N) is 1. The molecule has 1 N–H and O–H groups in total. The second-order valence-corrected chi connectivity index (χ2v) is 8.22. The number of amides is 1. The summed E-state index contributed by atoms with van der Waals surface area (Å²) in [6, 6.07) is 25.5. The fourth-order valence-electron chi connectivity index (χ4n) is 3.48. The predicted molar refractivity (Wildman–Crippen MR) is 126 cm³/mol. The zero-order valence-electron chi connectivity index (χ0n) is 17.4. The highest BCUT2D eigenvalue weighted by molar-refractivity contribution is 7.99. The van der Waals surface area contributed by atoms with Crippen LogP contribution in [0.4, 0.5) is 4.39 Å². The molecule has 0 fully saturated rings. The highest BCUT2D eigenvalue weighted by Crippen LogP contribution is 2.29. The Morgan fingerprint density at radius 1 is 0.970 bits per heavy atom. The van der Waals surface area contributed by atoms with E-state index in [9.17, 15) is 9.18 Å². The second kappa shape index (κ2) is 9.30. The van der Waals surface area contributed by atoms with Crippen molar-refractivity contribution in [3.8, 4) is 17.1 Å². The van der Waals surface area contributed by atoms with Crippen LogP contribution in [-0.2, 0) is 11.3 Å². The van der Waals surface area contributed by atoms with Gasteiger partial charge in [0.1, 0.15) is 17.2 Å². The van der Waals surface area contributed by atoms with Crippen molar-refractivity contribution in [3.63, 3.8) is 0 Å². The largest absolute Gasteiger partial charge is 0.459 e. The number of hydrogen-bond donors (Lipinski definition) is 1. The number of fused-ring (bicyclic) bond motifs is 1. The molecule has 3 aromatic carbocycles. The van der Waals surface area contributed by atoms with Crippen molar-refractivity contribution >= 4 is 28.6 Å². The first-order valence-electron chi connectivity index (χ1n) is 10.3. The van der Waals surface area contributed by atoms with Gasteiger partial charge in [0.25, 0.3) is 0 Å². The van der Waals surface area contributed by atoms with Gasteiger partial charge in [0.15, 0.2) is 11.0 Å². The molecule has 6 nitrogen and oxygen atoms in total. The van der Waals surface area contributed by atoms with Gasteiger partial charge in [0.2, 0.25) is 5.91 Å². The van der Waals surface area contributed by atoms with Crippen LogP contribution in [0.3, 0.4) is 0 Å². The average molecular weight is 459 g/mol. The molecule has 5 aromatic rings. The number of nitrogens with zero attached hydrogens (tertiary/aromatic N) is 3. The first-order valence-corrected chi connectivity index (χ1v) is 11.3. The van der Waals surface area contributed by atoms with E-state index in [2.05, 4.69) is 15.5 Å². The zero-order chi connectivity index (χ0) is 22.6. The quantitative estimate of drug-likeness (QED) is 0.338. The normalized spacial score (nSPS) is 11.1. The van der Waals surface area contributed by atoms with Crippen LogP contribution in [0.5, 0.6) is 0 Å². The minimum atomic E-state index is -0.387. The number of hydrogen-bond acceptors (Lipinski definition) is 5. The van der Waals surface area contributed by atoms with Crippen LogP contribution in [0.25, 0.3) is 28.0 Å². The van der Waals surface area contributed by atoms with E-state index < -0.39 is 0 Å². The van der Waals surface area contributed by atoms with E-state index in [0.717, 1.165) is 16.7 Å². The lowest BCUT2D eigenvalue weighted by Crippen LogP contribution is -2.24. The molecule has 1 amide bonds. The lowest BCUT2D eigenvalue weighted by molar-refractivity contribution is -0.118. The Bertz CT molecular complexity index is 1380. The van der Waals surface area contributed by atoms with E-state index >= 15 is 0 Å². The van der Waals surface area contributed by atoms with Crippen molar-refractivity contribution in [2.24, 2.45) is 0 Å². The van der Waals surface area contributed by atoms with E-state index in [1.54, 1.807) is 22.8 Å². The predicted octanol–water partition coefficient (Wildman–Crippen LogP) is 5.23. The van der Waals surface area contributed by atoms with Gasteiger partial charge in [-0.15, -0.1) is 10.2 Å². The standard InChI is InChI=1S/C25H19FN4O2S/c26-21-12-6-5-11-20(21)24-28-29-25(30(24)18-9-2-1-3-10-18)33-16-23(31)27-15-19-14-17-8-4-7-13-22(17)32-19/h1-14H,15-16H2,(H,27,31). The Labute approximate surface area is 193 Å². The van der Waals surface area contributed by atoms with Gasteiger partial charge in [0, 0.05) is 11.1 Å². The maximum atomic E-state index is 14.5. The molecular formula is C25H19FN4O2S. The molecular weight excluding hydrogens is 439 g/mol. The van der Waals surface area contributed by atoms with Gasteiger partial charge in [-0.25, -0.2) is 4.39 Å². The van der Waals surface area contributed by atoms with Crippen molar-refractivity contribution in [1.82, 2.24) is 20.1 Å². The Morgan fingerprint density at radius 2 is 1.73 bits per heavy atom. The summed E-state index contributed by atoms with van der Waals surface area (Å²) in [4.78, 5) is 12.5. The van der Waals surface area contributed by atoms with E-state index in [1.165, 1.54) is 17.8 Å². The van der Waals surface area contributed by atoms with Crippen LogP contribution in [-0.4, -0.2) is 26.4 Å². The molecule has 0 aliphatic rings. The van der Waals surface area contributed by atoms with E-state index in [0.29, 0.717) is 28.8 Å². The summed E-state index contributed by atoms with van der Waals surface area (Å²) in [5.74, 6) is 0.633. The number of para-hydroxylation sites is 2. The van der Waals surface area contributed by atoms with Gasteiger partial charge in [0.05, 0.1) is 17.9 Å². The number of halogens is 1. The topological polar surface area (TPSA) is 73.0 Å². The van der Waals surface area contributed by atoms with Gasteiger partial charge in [-0.2, -0.15) is 0 Å². The molecule has 0 atom stereocenters. The summed E-state index contributed by atoms with van der Waals surface area (Å²) < 4.78 is 22.0. The van der Waals surface area contributed by atoms with Crippen LogP contribution in [0.2, 0.25) is 0 Å². The Kier molecular flexibility index (Phi) is 5.91. The maximum Gasteiger partial charge on any atom is 0.230 e. The molecule has 0 bridgehead atoms. The molecule has 0 radical (unpaired) electrons. The maximum absolute atomic E-state index is 14.5. The highest BCUT2D eigenvalue weighted by atomic mass is 32.2. The van der Waals surface area contributed by atoms with Gasteiger partial charge < -0.3 is 9.73 Å². The molecule has 5 rings (SSSR count). The van der Waals surface area contributed by atoms with Gasteiger partial charge in [-0.05, 0) is 36.4 Å². The van der Waals surface area contributed by atoms with Crippen LogP contribution in [0.15, 0.2) is 94.5 Å². The fraction of sp³-hybridized carbons (Fsp3) is 0.0800. The Balaban J connectivity index is 1.33. The number of aromatic nitrogens is 3. The molecule has 164 valence electrons. The molecule has 0 saturated carbocycles. The molecule has 0 unspecified atom stereocenters. The lowest BCUT2D eigenvalue weighted by Gasteiger charge is -2.10. The second-order valence-electron chi connectivity index (χ2n) is 7.27. The summed E-state index contributed by atoms with van der Waals surface area (Å²) >= 11 is 1.24. The molecule has 2 heterocycles. The van der Waals surface area contributed by atoms with Crippen molar-refractivity contribution in [3.05, 3.63) is 96.5 Å². The van der Waals surface area contributed by atoms with Crippen molar-refractivity contribution in [2.45, 2.75) is 11.7 Å². The molecule has 2 aromatic heterocycles. The first kappa shape index (κ1) is 21.0. The third-order valence-corrected chi connectivity index (χ3v) is 5.96. The summed E-state index contributed by atoms with van der Waals surface area (Å²) in [5, 5.41) is 12.8. The molecule has 0 saturated heterocycles. The van der Waals surface area contributed by atoms with Crippen LogP contribution < -0.4 is 5.32 Å². The molecule has 8 heteroatoms. The third kappa shape index (κ3) is 4.51. The molecule has 0 aliphatic heterocycles. The Morgan fingerprint density at radius 3 is 2.55 bits per heavy atom. The SMILES string of the molecule is O=C(CSc1nnc(-c2ccccc2F)n1-c1ccccc1)NCc1cc2ccccc2o1. The molecule has 0 aliphatic carbocycles. The number of furan rings is 1. The van der Waals surface area contributed by atoms with E-state index in [1.807, 2.05) is 60.7 Å². The molecule has 0 spiro atoms. The Hall–Kier alpha value is -3.91.